The molecule has 19 heavy (non-hydrogen) atoms. The third kappa shape index (κ3) is 3.57. The maximum Gasteiger partial charge on any atom is 0.298 e. The Hall–Kier alpha value is -2.82. The van der Waals surface area contributed by atoms with Crippen LogP contribution in [-0.2, 0) is 9.59 Å². The average molecular weight is 258 g/mol. The highest BCUT2D eigenvalue weighted by atomic mass is 16.5. The van der Waals surface area contributed by atoms with E-state index in [0.717, 1.165) is 0 Å². The minimum absolute atomic E-state index is 0.363. The maximum atomic E-state index is 10.1. The molecule has 0 aliphatic heterocycles. The molecule has 2 aromatic rings. The molecule has 0 saturated carbocycles. The van der Waals surface area contributed by atoms with Gasteiger partial charge in [-0.05, 0) is 48.5 Å². The van der Waals surface area contributed by atoms with Crippen LogP contribution in [0, 0.1) is 0 Å². The van der Waals surface area contributed by atoms with Gasteiger partial charge in [0.15, 0.2) is 0 Å². The number of hydrogen-bond donors (Lipinski definition) is 0. The number of carbonyl (C=O) groups excluding carboxylic acids is 2. The molecule has 0 atom stereocenters. The Kier molecular flexibility index (Phi) is 4.12. The van der Waals surface area contributed by atoms with Crippen LogP contribution in [0.1, 0.15) is 0 Å². The summed E-state index contributed by atoms with van der Waals surface area (Å²) in [7, 11) is 0. The van der Waals surface area contributed by atoms with Crippen LogP contribution in [0.5, 0.6) is 23.0 Å². The van der Waals surface area contributed by atoms with Gasteiger partial charge in [0.1, 0.15) is 23.0 Å². The van der Waals surface area contributed by atoms with Gasteiger partial charge >= 0.3 is 0 Å². The third-order valence-electron chi connectivity index (χ3n) is 2.25. The minimum Gasteiger partial charge on any atom is -0.457 e. The normalized spacial score (nSPS) is 9.47. The second kappa shape index (κ2) is 6.20. The van der Waals surface area contributed by atoms with Gasteiger partial charge in [0.25, 0.3) is 12.9 Å². The summed E-state index contributed by atoms with van der Waals surface area (Å²) in [5, 5.41) is 0. The fourth-order valence-corrected chi connectivity index (χ4v) is 1.42. The first-order valence-corrected chi connectivity index (χ1v) is 5.40. The van der Waals surface area contributed by atoms with E-state index in [1.165, 1.54) is 0 Å². The van der Waals surface area contributed by atoms with Crippen molar-refractivity contribution in [3.63, 3.8) is 0 Å². The van der Waals surface area contributed by atoms with Crippen molar-refractivity contribution in [2.45, 2.75) is 0 Å². The molecule has 0 radical (unpaired) electrons. The number of carbonyl (C=O) groups is 2. The summed E-state index contributed by atoms with van der Waals surface area (Å²) < 4.78 is 14.9. The van der Waals surface area contributed by atoms with Crippen molar-refractivity contribution in [2.75, 3.05) is 0 Å². The molecular formula is C14H10O5. The number of ether oxygens (including phenoxy) is 3. The summed E-state index contributed by atoms with van der Waals surface area (Å²) in [6.07, 6.45) is 0. The van der Waals surface area contributed by atoms with Crippen molar-refractivity contribution < 1.29 is 23.8 Å². The highest BCUT2D eigenvalue weighted by Crippen LogP contribution is 2.25. The van der Waals surface area contributed by atoms with Crippen molar-refractivity contribution in [1.82, 2.24) is 0 Å². The lowest BCUT2D eigenvalue weighted by molar-refractivity contribution is -0.121. The first-order valence-electron chi connectivity index (χ1n) is 5.40. The van der Waals surface area contributed by atoms with Gasteiger partial charge < -0.3 is 14.2 Å². The molecule has 0 spiro atoms. The quantitative estimate of drug-likeness (QED) is 0.745. The van der Waals surface area contributed by atoms with Crippen LogP contribution in [0.15, 0.2) is 48.5 Å². The molecule has 0 amide bonds. The summed E-state index contributed by atoms with van der Waals surface area (Å²) in [5.41, 5.74) is 0. The molecule has 0 fully saturated rings. The van der Waals surface area contributed by atoms with Crippen LogP contribution >= 0.6 is 0 Å². The molecule has 0 bridgehead atoms. The average Bonchev–Trinajstić information content (AvgIpc) is 2.44. The van der Waals surface area contributed by atoms with Gasteiger partial charge in [0.2, 0.25) is 0 Å². The molecule has 0 aromatic heterocycles. The van der Waals surface area contributed by atoms with E-state index in [-0.39, 0.29) is 0 Å². The highest BCUT2D eigenvalue weighted by molar-refractivity contribution is 5.47. The summed E-state index contributed by atoms with van der Waals surface area (Å²) in [5.74, 6) is 2.08. The van der Waals surface area contributed by atoms with Crippen LogP contribution in [0.2, 0.25) is 0 Å². The van der Waals surface area contributed by atoms with E-state index in [0.29, 0.717) is 35.9 Å². The summed E-state index contributed by atoms with van der Waals surface area (Å²) in [6, 6.07) is 13.2. The van der Waals surface area contributed by atoms with E-state index >= 15 is 0 Å². The van der Waals surface area contributed by atoms with E-state index in [1.54, 1.807) is 48.5 Å². The molecule has 0 aliphatic rings. The van der Waals surface area contributed by atoms with Gasteiger partial charge in [-0.1, -0.05) is 0 Å². The zero-order valence-electron chi connectivity index (χ0n) is 9.81. The van der Waals surface area contributed by atoms with Crippen LogP contribution in [0.4, 0.5) is 0 Å². The zero-order valence-corrected chi connectivity index (χ0v) is 9.81. The van der Waals surface area contributed by atoms with Crippen molar-refractivity contribution >= 4 is 12.9 Å². The number of benzene rings is 2. The molecule has 0 saturated heterocycles. The van der Waals surface area contributed by atoms with E-state index in [2.05, 4.69) is 9.47 Å². The fraction of sp³-hybridized carbons (Fsp3) is 0. The Morgan fingerprint density at radius 1 is 0.579 bits per heavy atom. The lowest BCUT2D eigenvalue weighted by atomic mass is 10.3. The monoisotopic (exact) mass is 258 g/mol. The van der Waals surface area contributed by atoms with Crippen LogP contribution < -0.4 is 14.2 Å². The van der Waals surface area contributed by atoms with E-state index < -0.39 is 0 Å². The second-order valence-electron chi connectivity index (χ2n) is 3.47. The zero-order chi connectivity index (χ0) is 13.5. The van der Waals surface area contributed by atoms with Crippen molar-refractivity contribution in [1.29, 1.82) is 0 Å². The summed E-state index contributed by atoms with van der Waals surface area (Å²) in [6.45, 7) is 0.725. The highest BCUT2D eigenvalue weighted by Gasteiger charge is 1.99. The van der Waals surface area contributed by atoms with Crippen LogP contribution in [0.25, 0.3) is 0 Å². The standard InChI is InChI=1S/C14H10O5/c15-9-17-11-1-5-13(6-2-11)19-14-7-3-12(4-8-14)18-10-16/h1-10H. The molecule has 96 valence electrons. The first kappa shape index (κ1) is 12.6. The Labute approximate surface area is 109 Å². The van der Waals surface area contributed by atoms with Gasteiger partial charge in [0.05, 0.1) is 0 Å². The summed E-state index contributed by atoms with van der Waals surface area (Å²) >= 11 is 0. The van der Waals surface area contributed by atoms with Crippen LogP contribution in [-0.4, -0.2) is 12.9 Å². The Bertz CT molecular complexity index is 494. The third-order valence-corrected chi connectivity index (χ3v) is 2.25. The molecule has 2 aromatic carbocycles. The molecule has 0 N–H and O–H groups in total. The Morgan fingerprint density at radius 3 is 1.21 bits per heavy atom. The van der Waals surface area contributed by atoms with Crippen molar-refractivity contribution in [3.8, 4) is 23.0 Å². The van der Waals surface area contributed by atoms with Gasteiger partial charge in [-0.3, -0.25) is 9.59 Å². The molecule has 2 rings (SSSR count). The minimum atomic E-state index is 0.363. The number of rotatable bonds is 6. The van der Waals surface area contributed by atoms with E-state index in [1.807, 2.05) is 0 Å². The van der Waals surface area contributed by atoms with Crippen LogP contribution in [0.3, 0.4) is 0 Å². The predicted molar refractivity (Wildman–Crippen MR) is 66.3 cm³/mol. The van der Waals surface area contributed by atoms with Gasteiger partial charge in [0, 0.05) is 0 Å². The molecule has 0 aliphatic carbocycles. The lowest BCUT2D eigenvalue weighted by Crippen LogP contribution is -1.90. The maximum absolute atomic E-state index is 10.1. The van der Waals surface area contributed by atoms with Crippen molar-refractivity contribution in [3.05, 3.63) is 48.5 Å². The largest absolute Gasteiger partial charge is 0.457 e. The van der Waals surface area contributed by atoms with Crippen molar-refractivity contribution in [2.24, 2.45) is 0 Å². The summed E-state index contributed by atoms with van der Waals surface area (Å²) in [4.78, 5) is 20.3. The van der Waals surface area contributed by atoms with Gasteiger partial charge in [-0.15, -0.1) is 0 Å². The smallest absolute Gasteiger partial charge is 0.298 e. The van der Waals surface area contributed by atoms with E-state index in [9.17, 15) is 9.59 Å². The molecule has 0 heterocycles. The van der Waals surface area contributed by atoms with Gasteiger partial charge in [-0.2, -0.15) is 0 Å². The molecular weight excluding hydrogens is 248 g/mol. The van der Waals surface area contributed by atoms with Gasteiger partial charge in [-0.25, -0.2) is 0 Å². The lowest BCUT2D eigenvalue weighted by Gasteiger charge is -2.06. The molecule has 0 unspecified atom stereocenters. The fourth-order valence-electron chi connectivity index (χ4n) is 1.42. The molecule has 5 heteroatoms. The topological polar surface area (TPSA) is 61.8 Å². The SMILES string of the molecule is O=COc1ccc(Oc2ccc(OC=O)cc2)cc1. The number of hydrogen-bond acceptors (Lipinski definition) is 5. The van der Waals surface area contributed by atoms with E-state index in [4.69, 9.17) is 4.74 Å². The second-order valence-corrected chi connectivity index (χ2v) is 3.47. The first-order chi connectivity index (χ1) is 9.31. The molecule has 5 nitrogen and oxygen atoms in total. The predicted octanol–water partition coefficient (Wildman–Crippen LogP) is 2.55. The Balaban J connectivity index is 2.03. The Morgan fingerprint density at radius 2 is 0.895 bits per heavy atom.